The fraction of sp³-hybridized carbons (Fsp3) is 0.0556. The first-order valence-corrected chi connectivity index (χ1v) is 9.11. The van der Waals surface area contributed by atoms with Crippen LogP contribution >= 0.6 is 35.0 Å². The van der Waals surface area contributed by atoms with Crippen LogP contribution in [0.2, 0.25) is 10.0 Å². The summed E-state index contributed by atoms with van der Waals surface area (Å²) in [6, 6.07) is 9.03. The van der Waals surface area contributed by atoms with Crippen LogP contribution in [0.3, 0.4) is 0 Å². The maximum atomic E-state index is 12.5. The van der Waals surface area contributed by atoms with Gasteiger partial charge in [-0.25, -0.2) is 9.79 Å². The van der Waals surface area contributed by atoms with E-state index in [1.165, 1.54) is 40.9 Å². The van der Waals surface area contributed by atoms with E-state index in [4.69, 9.17) is 28.3 Å². The summed E-state index contributed by atoms with van der Waals surface area (Å²) in [6.45, 7) is 0. The van der Waals surface area contributed by atoms with E-state index in [1.807, 2.05) is 0 Å². The number of phenolic OH excluding ortho intramolecular Hbond substituents is 1. The summed E-state index contributed by atoms with van der Waals surface area (Å²) in [5, 5.41) is 19.2. The molecular weight excluding hydrogens is 411 g/mol. The second-order valence-corrected chi connectivity index (χ2v) is 7.38. The molecule has 0 aromatic heterocycles. The van der Waals surface area contributed by atoms with Crippen molar-refractivity contribution in [2.24, 2.45) is 4.99 Å². The van der Waals surface area contributed by atoms with Gasteiger partial charge in [-0.3, -0.25) is 9.69 Å². The molecule has 0 radical (unpaired) electrons. The number of amides is 1. The average Bonchev–Trinajstić information content (AvgIpc) is 2.88. The highest BCUT2D eigenvalue weighted by atomic mass is 35.5. The normalized spacial score (nSPS) is 17.1. The average molecular weight is 423 g/mol. The first-order valence-electron chi connectivity index (χ1n) is 7.54. The number of carbonyl (C=O) groups is 2. The molecule has 6 nitrogen and oxygen atoms in total. The number of aromatic hydroxyl groups is 1. The van der Waals surface area contributed by atoms with Crippen LogP contribution in [0.1, 0.15) is 15.9 Å². The van der Waals surface area contributed by atoms with Gasteiger partial charge in [-0.2, -0.15) is 0 Å². The van der Waals surface area contributed by atoms with Gasteiger partial charge in [-0.15, -0.1) is 0 Å². The second-order valence-electron chi connectivity index (χ2n) is 5.55. The third-order valence-corrected chi connectivity index (χ3v) is 5.32. The number of halogens is 2. The van der Waals surface area contributed by atoms with Gasteiger partial charge in [0.1, 0.15) is 0 Å². The number of aromatic carboxylic acids is 1. The molecule has 1 heterocycles. The van der Waals surface area contributed by atoms with E-state index in [0.717, 1.165) is 0 Å². The SMILES string of the molecule is CN1C(=O)/C(=C\c2cc(Cl)c(O)c(Cl)c2)SC1=Nc1ccc(C(=O)O)cc1. The lowest BCUT2D eigenvalue weighted by Gasteiger charge is -2.07. The Balaban J connectivity index is 1.89. The first-order chi connectivity index (χ1) is 12.8. The fourth-order valence-electron chi connectivity index (χ4n) is 2.26. The minimum atomic E-state index is -1.02. The van der Waals surface area contributed by atoms with Crippen LogP contribution < -0.4 is 0 Å². The molecule has 0 bridgehead atoms. The number of benzene rings is 2. The molecule has 0 saturated carbocycles. The number of hydrogen-bond donors (Lipinski definition) is 2. The van der Waals surface area contributed by atoms with Crippen molar-refractivity contribution in [2.45, 2.75) is 0 Å². The topological polar surface area (TPSA) is 90.2 Å². The molecule has 138 valence electrons. The molecule has 0 aliphatic carbocycles. The van der Waals surface area contributed by atoms with Crippen molar-refractivity contribution in [2.75, 3.05) is 7.05 Å². The van der Waals surface area contributed by atoms with E-state index >= 15 is 0 Å². The van der Waals surface area contributed by atoms with E-state index in [9.17, 15) is 14.7 Å². The number of aliphatic imine (C=N–C) groups is 1. The number of carboxylic acid groups (broad SMARTS) is 1. The highest BCUT2D eigenvalue weighted by Gasteiger charge is 2.30. The summed E-state index contributed by atoms with van der Waals surface area (Å²) in [4.78, 5) is 29.6. The van der Waals surface area contributed by atoms with Crippen molar-refractivity contribution in [1.29, 1.82) is 0 Å². The highest BCUT2D eigenvalue weighted by Crippen LogP contribution is 2.36. The number of thioether (sulfide) groups is 1. The molecule has 2 N–H and O–H groups in total. The van der Waals surface area contributed by atoms with Crippen LogP contribution in [0.4, 0.5) is 5.69 Å². The van der Waals surface area contributed by atoms with Crippen LogP contribution in [-0.4, -0.2) is 39.2 Å². The van der Waals surface area contributed by atoms with E-state index in [1.54, 1.807) is 25.3 Å². The van der Waals surface area contributed by atoms with Crippen molar-refractivity contribution in [3.63, 3.8) is 0 Å². The zero-order valence-corrected chi connectivity index (χ0v) is 16.1. The summed E-state index contributed by atoms with van der Waals surface area (Å²) in [7, 11) is 1.59. The third kappa shape index (κ3) is 4.10. The maximum Gasteiger partial charge on any atom is 0.335 e. The Morgan fingerprint density at radius 2 is 1.78 bits per heavy atom. The first kappa shape index (κ1) is 19.3. The standard InChI is InChI=1S/C18H12Cl2N2O4S/c1-22-16(24)14(8-9-6-12(19)15(23)13(20)7-9)27-18(22)21-11-4-2-10(3-5-11)17(25)26/h2-8,23H,1H3,(H,25,26)/b14-8+,21-18?. The van der Waals surface area contributed by atoms with Gasteiger partial charge in [0.2, 0.25) is 0 Å². The van der Waals surface area contributed by atoms with Crippen molar-refractivity contribution >= 4 is 63.8 Å². The Morgan fingerprint density at radius 1 is 1.19 bits per heavy atom. The smallest absolute Gasteiger partial charge is 0.335 e. The van der Waals surface area contributed by atoms with Gasteiger partial charge in [-0.1, -0.05) is 23.2 Å². The molecule has 1 amide bonds. The maximum absolute atomic E-state index is 12.5. The number of amidine groups is 1. The lowest BCUT2D eigenvalue weighted by molar-refractivity contribution is -0.121. The quantitative estimate of drug-likeness (QED) is 0.703. The molecule has 0 atom stereocenters. The van der Waals surface area contributed by atoms with Crippen molar-refractivity contribution in [3.8, 4) is 5.75 Å². The molecular formula is C18H12Cl2N2O4S. The molecule has 1 saturated heterocycles. The van der Waals surface area contributed by atoms with E-state index in [2.05, 4.69) is 4.99 Å². The van der Waals surface area contributed by atoms with Crippen LogP contribution in [0.5, 0.6) is 5.75 Å². The highest BCUT2D eigenvalue weighted by molar-refractivity contribution is 8.18. The van der Waals surface area contributed by atoms with E-state index in [0.29, 0.717) is 21.3 Å². The van der Waals surface area contributed by atoms with Crippen molar-refractivity contribution in [3.05, 3.63) is 62.5 Å². The zero-order chi connectivity index (χ0) is 19.7. The zero-order valence-electron chi connectivity index (χ0n) is 13.8. The van der Waals surface area contributed by atoms with Gasteiger partial charge >= 0.3 is 5.97 Å². The van der Waals surface area contributed by atoms with E-state index < -0.39 is 5.97 Å². The Bertz CT molecular complexity index is 980. The molecule has 0 spiro atoms. The summed E-state index contributed by atoms with van der Waals surface area (Å²) in [6.07, 6.45) is 1.61. The number of carboxylic acids is 1. The van der Waals surface area contributed by atoms with Crippen LogP contribution in [0.15, 0.2) is 46.3 Å². The van der Waals surface area contributed by atoms with Gasteiger partial charge in [0.15, 0.2) is 10.9 Å². The van der Waals surface area contributed by atoms with Gasteiger partial charge < -0.3 is 10.2 Å². The van der Waals surface area contributed by atoms with Crippen LogP contribution in [0.25, 0.3) is 6.08 Å². The number of likely N-dealkylation sites (N-methyl/N-ethyl adjacent to an activating group) is 1. The predicted molar refractivity (Wildman–Crippen MR) is 107 cm³/mol. The largest absolute Gasteiger partial charge is 0.505 e. The second kappa shape index (κ2) is 7.64. The molecule has 0 unspecified atom stereocenters. The summed E-state index contributed by atoms with van der Waals surface area (Å²) < 4.78 is 0. The summed E-state index contributed by atoms with van der Waals surface area (Å²) >= 11 is 13.0. The van der Waals surface area contributed by atoms with Gasteiger partial charge in [-0.05, 0) is 59.8 Å². The molecule has 1 aliphatic rings. The Kier molecular flexibility index (Phi) is 5.46. The minimum absolute atomic E-state index is 0.0885. The van der Waals surface area contributed by atoms with Crippen molar-refractivity contribution < 1.29 is 19.8 Å². The monoisotopic (exact) mass is 422 g/mol. The Labute approximate surface area is 168 Å². The van der Waals surface area contributed by atoms with Gasteiger partial charge in [0.05, 0.1) is 26.2 Å². The molecule has 1 fully saturated rings. The fourth-order valence-corrected chi connectivity index (χ4v) is 3.75. The van der Waals surface area contributed by atoms with Crippen LogP contribution in [-0.2, 0) is 4.79 Å². The molecule has 2 aromatic rings. The Hall–Kier alpha value is -2.48. The molecule has 1 aliphatic heterocycles. The lowest BCUT2D eigenvalue weighted by atomic mass is 10.2. The predicted octanol–water partition coefficient (Wildman–Crippen LogP) is 4.63. The minimum Gasteiger partial charge on any atom is -0.505 e. The molecule has 27 heavy (non-hydrogen) atoms. The molecule has 9 heteroatoms. The number of nitrogens with zero attached hydrogens (tertiary/aromatic N) is 2. The van der Waals surface area contributed by atoms with E-state index in [-0.39, 0.29) is 27.3 Å². The summed E-state index contributed by atoms with van der Waals surface area (Å²) in [5.74, 6) is -1.48. The molecule has 2 aromatic carbocycles. The third-order valence-electron chi connectivity index (χ3n) is 3.68. The van der Waals surface area contributed by atoms with Gasteiger partial charge in [0.25, 0.3) is 5.91 Å². The Morgan fingerprint density at radius 3 is 2.33 bits per heavy atom. The number of rotatable bonds is 3. The lowest BCUT2D eigenvalue weighted by Crippen LogP contribution is -2.23. The number of hydrogen-bond acceptors (Lipinski definition) is 5. The molecule has 3 rings (SSSR count). The van der Waals surface area contributed by atoms with Gasteiger partial charge in [0, 0.05) is 7.05 Å². The van der Waals surface area contributed by atoms with Crippen LogP contribution in [0, 0.1) is 0 Å². The summed E-state index contributed by atoms with van der Waals surface area (Å²) in [5.41, 5.74) is 1.25. The number of carbonyl (C=O) groups excluding carboxylic acids is 1. The van der Waals surface area contributed by atoms with Crippen molar-refractivity contribution in [1.82, 2.24) is 4.90 Å². The number of phenols is 1.